The summed E-state index contributed by atoms with van der Waals surface area (Å²) < 4.78 is 28.0. The Morgan fingerprint density at radius 1 is 1.23 bits per heavy atom. The molecule has 0 amide bonds. The van der Waals surface area contributed by atoms with Gasteiger partial charge in [0, 0.05) is 11.3 Å². The highest BCUT2D eigenvalue weighted by atomic mass is 35.5. The molecule has 0 unspecified atom stereocenters. The van der Waals surface area contributed by atoms with E-state index in [1.165, 1.54) is 22.2 Å². The van der Waals surface area contributed by atoms with Gasteiger partial charge in [-0.25, -0.2) is 19.0 Å². The number of hydrogen-bond donors (Lipinski definition) is 4. The van der Waals surface area contributed by atoms with Gasteiger partial charge < -0.3 is 30.5 Å². The number of nitrogen functional groups attached to an aromatic ring is 1. The molecule has 0 radical (unpaired) electrons. The third-order valence-corrected chi connectivity index (χ3v) is 8.07. The van der Waals surface area contributed by atoms with Crippen LogP contribution in [0.25, 0.3) is 21.6 Å². The number of aliphatic carboxylic acids is 2. The maximum Gasteiger partial charge on any atom is 0.348 e. The third-order valence-electron chi connectivity index (χ3n) is 6.98. The molecule has 1 aliphatic heterocycles. The highest BCUT2D eigenvalue weighted by molar-refractivity contribution is 7.13. The second-order valence-electron chi connectivity index (χ2n) is 9.27. The summed E-state index contributed by atoms with van der Waals surface area (Å²) in [7, 11) is 0. The predicted octanol–water partition coefficient (Wildman–Crippen LogP) is 2.31. The Kier molecular flexibility index (Phi) is 5.85. The van der Waals surface area contributed by atoms with Gasteiger partial charge in [-0.05, 0) is 34.2 Å². The van der Waals surface area contributed by atoms with Crippen molar-refractivity contribution in [1.29, 1.82) is 0 Å². The van der Waals surface area contributed by atoms with Gasteiger partial charge in [0.1, 0.15) is 17.7 Å². The van der Waals surface area contributed by atoms with E-state index >= 15 is 4.39 Å². The van der Waals surface area contributed by atoms with Crippen molar-refractivity contribution in [3.8, 4) is 10.4 Å². The topological polar surface area (TPSA) is 183 Å². The number of rotatable bonds is 8. The first-order valence-corrected chi connectivity index (χ1v) is 12.8. The Hall–Kier alpha value is -3.69. The van der Waals surface area contributed by atoms with Gasteiger partial charge in [-0.3, -0.25) is 4.57 Å². The first kappa shape index (κ1) is 25.6. The van der Waals surface area contributed by atoms with E-state index < -0.39 is 54.2 Å². The number of anilines is 1. The summed E-state index contributed by atoms with van der Waals surface area (Å²) in [6.07, 6.45) is -5.92. The number of carboxylic acid groups (broad SMARTS) is 2. The van der Waals surface area contributed by atoms with Gasteiger partial charge in [0.2, 0.25) is 5.28 Å². The smallest absolute Gasteiger partial charge is 0.348 e. The molecular weight excluding hydrogens is 557 g/mol. The minimum absolute atomic E-state index is 0.0432. The van der Waals surface area contributed by atoms with Crippen LogP contribution < -0.4 is 5.73 Å². The molecule has 202 valence electrons. The molecule has 1 aromatic carbocycles. The van der Waals surface area contributed by atoms with Crippen molar-refractivity contribution in [2.24, 2.45) is 0 Å². The summed E-state index contributed by atoms with van der Waals surface area (Å²) >= 11 is 7.37. The van der Waals surface area contributed by atoms with Crippen molar-refractivity contribution in [3.05, 3.63) is 59.0 Å². The van der Waals surface area contributed by atoms with Crippen molar-refractivity contribution in [3.63, 3.8) is 0 Å². The predicted molar refractivity (Wildman–Crippen MR) is 135 cm³/mol. The largest absolute Gasteiger partial charge is 0.479 e. The van der Waals surface area contributed by atoms with E-state index in [2.05, 4.69) is 15.0 Å². The number of aliphatic hydroxyl groups is 1. The maximum absolute atomic E-state index is 15.6. The number of alkyl halides is 1. The second kappa shape index (κ2) is 8.93. The highest BCUT2D eigenvalue weighted by Crippen LogP contribution is 2.58. The highest BCUT2D eigenvalue weighted by Gasteiger charge is 2.80. The molecular formula is C24H19ClFN5O7S. The molecule has 1 saturated carbocycles. The zero-order valence-electron chi connectivity index (χ0n) is 19.6. The zero-order chi connectivity index (χ0) is 27.7. The monoisotopic (exact) mass is 575 g/mol. The SMILES string of the molecule is Nc1nc(Cl)nc2c1ncn2[C@@H]1O[C@@H]2[C@H](OC(Cc3ccc(-c4cccs4)cc3)(C(=O)O)C(=O)O)[C@]2(O)[C@@H]1F. The molecule has 0 bridgehead atoms. The van der Waals surface area contributed by atoms with E-state index in [4.69, 9.17) is 26.8 Å². The van der Waals surface area contributed by atoms with Crippen LogP contribution in [0.3, 0.4) is 0 Å². The molecule has 5 N–H and O–H groups in total. The van der Waals surface area contributed by atoms with Crippen LogP contribution in [0.2, 0.25) is 5.28 Å². The number of hydrogen-bond acceptors (Lipinski definition) is 10. The lowest BCUT2D eigenvalue weighted by molar-refractivity contribution is -0.194. The molecule has 5 atom stereocenters. The lowest BCUT2D eigenvalue weighted by atomic mass is 9.93. The number of thiophene rings is 1. The lowest BCUT2D eigenvalue weighted by Gasteiger charge is -2.28. The first-order valence-electron chi connectivity index (χ1n) is 11.5. The van der Waals surface area contributed by atoms with Gasteiger partial charge in [-0.2, -0.15) is 9.97 Å². The van der Waals surface area contributed by atoms with E-state index in [1.807, 2.05) is 17.5 Å². The molecule has 12 nitrogen and oxygen atoms in total. The average Bonchev–Trinajstić information content (AvgIpc) is 3.38. The van der Waals surface area contributed by atoms with Crippen LogP contribution >= 0.6 is 22.9 Å². The first-order chi connectivity index (χ1) is 18.6. The minimum Gasteiger partial charge on any atom is -0.479 e. The lowest BCUT2D eigenvalue weighted by Crippen LogP contribution is -2.53. The summed E-state index contributed by atoms with van der Waals surface area (Å²) in [5.74, 6) is -3.65. The molecule has 6 rings (SSSR count). The molecule has 2 aliphatic rings. The van der Waals surface area contributed by atoms with Crippen molar-refractivity contribution < 1.29 is 38.8 Å². The Balaban J connectivity index is 1.25. The van der Waals surface area contributed by atoms with Crippen LogP contribution in [0.15, 0.2) is 48.1 Å². The number of carboxylic acids is 2. The number of halogens is 2. The summed E-state index contributed by atoms with van der Waals surface area (Å²) in [4.78, 5) is 37.3. The number of nitrogens with zero attached hydrogens (tertiary/aromatic N) is 4. The van der Waals surface area contributed by atoms with Crippen LogP contribution in [0.4, 0.5) is 10.2 Å². The molecule has 39 heavy (non-hydrogen) atoms. The van der Waals surface area contributed by atoms with Gasteiger partial charge in [-0.1, -0.05) is 30.3 Å². The van der Waals surface area contributed by atoms with Crippen molar-refractivity contribution >= 4 is 51.9 Å². The summed E-state index contributed by atoms with van der Waals surface area (Å²) in [6.45, 7) is 0. The fourth-order valence-corrected chi connectivity index (χ4v) is 5.76. The Morgan fingerprint density at radius 2 is 1.95 bits per heavy atom. The van der Waals surface area contributed by atoms with Crippen molar-refractivity contribution in [2.75, 3.05) is 5.73 Å². The van der Waals surface area contributed by atoms with Gasteiger partial charge in [0.15, 0.2) is 29.5 Å². The number of carbonyl (C=O) groups is 2. The Morgan fingerprint density at radius 3 is 2.54 bits per heavy atom. The molecule has 1 aliphatic carbocycles. The van der Waals surface area contributed by atoms with Crippen LogP contribution in [-0.2, 0) is 25.5 Å². The van der Waals surface area contributed by atoms with Gasteiger partial charge in [0.25, 0.3) is 5.60 Å². The van der Waals surface area contributed by atoms with Crippen molar-refractivity contribution in [2.45, 2.75) is 42.2 Å². The fraction of sp³-hybridized carbons (Fsp3) is 0.292. The number of nitrogens with two attached hydrogens (primary N) is 1. The standard InChI is InChI=1S/C24H19ClFN5O7S/c25-22-29-17(27)13-18(30-22)31(9-28-13)19-14(26)24(36)15(37-19)16(24)38-23(20(32)33,21(34)35)8-10-3-5-11(6-4-10)12-2-1-7-39-12/h1-7,9,14-16,19,36H,8H2,(H,32,33)(H,34,35)(H2,27,29,30)/t14-,15-,16+,19-,24+/m1/s1. The van der Waals surface area contributed by atoms with Crippen molar-refractivity contribution in [1.82, 2.24) is 19.5 Å². The number of fused-ring (bicyclic) bond motifs is 2. The van der Waals surface area contributed by atoms with Crippen LogP contribution in [-0.4, -0.2) is 76.4 Å². The summed E-state index contributed by atoms with van der Waals surface area (Å²) in [6, 6.07) is 10.5. The zero-order valence-corrected chi connectivity index (χ0v) is 21.2. The third kappa shape index (κ3) is 3.86. The van der Waals surface area contributed by atoms with E-state index in [1.54, 1.807) is 24.3 Å². The molecule has 4 aromatic rings. The molecule has 2 fully saturated rings. The summed E-state index contributed by atoms with van der Waals surface area (Å²) in [5.41, 5.74) is 2.07. The average molecular weight is 576 g/mol. The van der Waals surface area contributed by atoms with Gasteiger partial charge in [0.05, 0.1) is 6.33 Å². The Labute approximate surface area is 227 Å². The van der Waals surface area contributed by atoms with Gasteiger partial charge >= 0.3 is 11.9 Å². The quantitative estimate of drug-likeness (QED) is 0.179. The second-order valence-corrected chi connectivity index (χ2v) is 10.6. The van der Waals surface area contributed by atoms with E-state index in [0.717, 1.165) is 10.4 Å². The molecule has 3 aromatic heterocycles. The van der Waals surface area contributed by atoms with E-state index in [-0.39, 0.29) is 22.3 Å². The van der Waals surface area contributed by atoms with Gasteiger partial charge in [-0.15, -0.1) is 11.3 Å². The van der Waals surface area contributed by atoms with Crippen LogP contribution in [0, 0.1) is 0 Å². The van der Waals surface area contributed by atoms with E-state index in [9.17, 15) is 24.9 Å². The molecule has 15 heteroatoms. The summed E-state index contributed by atoms with van der Waals surface area (Å²) in [5, 5.41) is 32.7. The van der Waals surface area contributed by atoms with E-state index in [0.29, 0.717) is 5.56 Å². The fourth-order valence-electron chi connectivity index (χ4n) is 4.85. The van der Waals surface area contributed by atoms with Crippen LogP contribution in [0.1, 0.15) is 11.8 Å². The molecule has 4 heterocycles. The number of benzene rings is 1. The Bertz CT molecular complexity index is 1590. The number of aromatic nitrogens is 4. The number of imidazole rings is 1. The maximum atomic E-state index is 15.6. The minimum atomic E-state index is -2.81. The molecule has 0 spiro atoms. The molecule has 1 saturated heterocycles. The normalized spacial score (nSPS) is 26.0. The van der Waals surface area contributed by atoms with Crippen LogP contribution in [0.5, 0.6) is 0 Å². The number of ether oxygens (including phenoxy) is 2.